The number of hydrogen-bond donors (Lipinski definition) is 3. The molecule has 0 aromatic carbocycles. The van der Waals surface area contributed by atoms with E-state index in [1.54, 1.807) is 0 Å². The first kappa shape index (κ1) is 85.4. The van der Waals surface area contributed by atoms with Crippen LogP contribution in [0.2, 0.25) is 0 Å². The van der Waals surface area contributed by atoms with Gasteiger partial charge in [-0.25, -0.2) is 0 Å². The fraction of sp³-hybridized carbons (Fsp3) is 0.988. The largest absolute Gasteiger partial charge is 0.481 e. The number of unbranched alkanes of at least 4 members (excludes halogenated alkanes) is 63. The lowest BCUT2D eigenvalue weighted by Crippen LogP contribution is -2.28. The van der Waals surface area contributed by atoms with E-state index in [0.29, 0.717) is 18.8 Å². The van der Waals surface area contributed by atoms with Gasteiger partial charge in [-0.15, -0.1) is 0 Å². The van der Waals surface area contributed by atoms with Crippen LogP contribution in [0.25, 0.3) is 0 Å². The maximum atomic E-state index is 12.0. The third kappa shape index (κ3) is 62.8. The number of aliphatic hydroxyl groups is 2. The van der Waals surface area contributed by atoms with Crippen molar-refractivity contribution in [3.05, 3.63) is 0 Å². The summed E-state index contributed by atoms with van der Waals surface area (Å²) >= 11 is 0. The molecule has 0 heterocycles. The molecule has 4 nitrogen and oxygen atoms in total. The number of aliphatic carboxylic acids is 1. The van der Waals surface area contributed by atoms with Crippen molar-refractivity contribution in [3.63, 3.8) is 0 Å². The molecule has 0 spiro atoms. The lowest BCUT2D eigenvalue weighted by Gasteiger charge is -2.19. The predicted octanol–water partition coefficient (Wildman–Crippen LogP) is 29.2. The molecule has 0 amide bonds. The SMILES string of the molecule is CCCCCCCCCCCCCCCCCCCCCCCC[C@@H](C(=O)O)[C@H](O)CCCCCCCCCCCCCCC[C@@H]1C[C@@H]1CCCCCCCCCCCCCCCCCC[C@@H](O)[C@H](C)CCCCCCCCCCCCCCCCCC. The number of carboxylic acids is 1. The molecule has 0 aromatic heterocycles. The summed E-state index contributed by atoms with van der Waals surface area (Å²) < 4.78 is 0. The highest BCUT2D eigenvalue weighted by Gasteiger charge is 2.35. The molecule has 6 atom stereocenters. The summed E-state index contributed by atoms with van der Waals surface area (Å²) in [5, 5.41) is 31.3. The Bertz CT molecular complexity index is 1320. The van der Waals surface area contributed by atoms with Gasteiger partial charge in [0.2, 0.25) is 0 Å². The standard InChI is InChI=1S/C84H166O4/c1-4-6-8-10-12-14-16-18-20-22-23-24-25-26-27-32-38-44-50-56-62-68-74-81(84(87)88)83(86)76-70-64-58-52-46-40-34-37-43-49-55-61-67-73-80-77-79(80)72-66-60-54-48-42-36-31-28-29-33-39-45-51-57-63-69-75-82(85)78(3)71-65-59-53-47-41-35-30-21-19-17-15-13-11-9-7-5-2/h78-83,85-86H,4-77H2,1-3H3,(H,87,88)/t78-,79+,80-,81-,82-,83-/m1/s1. The van der Waals surface area contributed by atoms with E-state index in [1.807, 2.05) is 0 Å². The molecule has 0 saturated heterocycles. The molecule has 526 valence electrons. The first-order valence-electron chi connectivity index (χ1n) is 42.0. The average molecular weight is 1240 g/mol. The summed E-state index contributed by atoms with van der Waals surface area (Å²) in [4.78, 5) is 12.0. The molecule has 0 unspecified atom stereocenters. The van der Waals surface area contributed by atoms with Gasteiger partial charge >= 0.3 is 5.97 Å². The van der Waals surface area contributed by atoms with Crippen LogP contribution in [0, 0.1) is 23.7 Å². The second-order valence-corrected chi connectivity index (χ2v) is 30.5. The lowest BCUT2D eigenvalue weighted by molar-refractivity contribution is -0.146. The van der Waals surface area contributed by atoms with Crippen LogP contribution in [0.1, 0.15) is 496 Å². The van der Waals surface area contributed by atoms with E-state index in [-0.39, 0.29) is 6.10 Å². The molecule has 0 aromatic rings. The van der Waals surface area contributed by atoms with Gasteiger partial charge in [-0.3, -0.25) is 4.79 Å². The van der Waals surface area contributed by atoms with E-state index in [4.69, 9.17) is 0 Å². The molecule has 0 radical (unpaired) electrons. The molecule has 4 heteroatoms. The van der Waals surface area contributed by atoms with Crippen molar-refractivity contribution in [2.45, 2.75) is 508 Å². The Morgan fingerprint density at radius 2 is 0.443 bits per heavy atom. The molecule has 88 heavy (non-hydrogen) atoms. The molecule has 1 saturated carbocycles. The van der Waals surface area contributed by atoms with Crippen LogP contribution in [0.15, 0.2) is 0 Å². The maximum Gasteiger partial charge on any atom is 0.309 e. The first-order chi connectivity index (χ1) is 43.4. The fourth-order valence-corrected chi connectivity index (χ4v) is 15.1. The van der Waals surface area contributed by atoms with Crippen molar-refractivity contribution in [2.75, 3.05) is 0 Å². The quantitative estimate of drug-likeness (QED) is 0.0530. The van der Waals surface area contributed by atoms with E-state index in [1.165, 1.54) is 430 Å². The van der Waals surface area contributed by atoms with Crippen LogP contribution < -0.4 is 0 Å². The van der Waals surface area contributed by atoms with Gasteiger partial charge in [-0.2, -0.15) is 0 Å². The van der Waals surface area contributed by atoms with Crippen molar-refractivity contribution in [1.29, 1.82) is 0 Å². The number of carbonyl (C=O) groups is 1. The van der Waals surface area contributed by atoms with Gasteiger partial charge in [-0.05, 0) is 49.9 Å². The zero-order chi connectivity index (χ0) is 63.4. The Morgan fingerprint density at radius 3 is 0.670 bits per heavy atom. The summed E-state index contributed by atoms with van der Waals surface area (Å²) in [7, 11) is 0. The van der Waals surface area contributed by atoms with Crippen LogP contribution in [0.5, 0.6) is 0 Å². The van der Waals surface area contributed by atoms with Crippen molar-refractivity contribution < 1.29 is 20.1 Å². The van der Waals surface area contributed by atoms with Gasteiger partial charge in [-0.1, -0.05) is 464 Å². The molecule has 0 bridgehead atoms. The first-order valence-corrected chi connectivity index (χ1v) is 42.0. The minimum Gasteiger partial charge on any atom is -0.481 e. The molecule has 0 aliphatic heterocycles. The second kappa shape index (κ2) is 70.7. The monoisotopic (exact) mass is 1240 g/mol. The summed E-state index contributed by atoms with van der Waals surface area (Å²) in [6.07, 6.45) is 100. The zero-order valence-electron chi connectivity index (χ0n) is 61.0. The van der Waals surface area contributed by atoms with Gasteiger partial charge in [0.15, 0.2) is 0 Å². The molecule has 3 N–H and O–H groups in total. The van der Waals surface area contributed by atoms with Crippen molar-refractivity contribution in [3.8, 4) is 0 Å². The topological polar surface area (TPSA) is 77.8 Å². The number of hydrogen-bond acceptors (Lipinski definition) is 3. The Morgan fingerprint density at radius 1 is 0.261 bits per heavy atom. The van der Waals surface area contributed by atoms with E-state index in [9.17, 15) is 20.1 Å². The third-order valence-electron chi connectivity index (χ3n) is 21.8. The van der Waals surface area contributed by atoms with E-state index in [2.05, 4.69) is 20.8 Å². The highest BCUT2D eigenvalue weighted by Crippen LogP contribution is 2.46. The third-order valence-corrected chi connectivity index (χ3v) is 21.8. The number of carboxylic acid groups (broad SMARTS) is 1. The molecule has 1 aliphatic rings. The molecule has 1 fully saturated rings. The maximum absolute atomic E-state index is 12.0. The van der Waals surface area contributed by atoms with Crippen molar-refractivity contribution in [2.24, 2.45) is 23.7 Å². The fourth-order valence-electron chi connectivity index (χ4n) is 15.1. The van der Waals surface area contributed by atoms with Crippen LogP contribution in [0.3, 0.4) is 0 Å². The minimum absolute atomic E-state index is 0.0806. The Labute approximate surface area is 555 Å². The van der Waals surface area contributed by atoms with E-state index >= 15 is 0 Å². The second-order valence-electron chi connectivity index (χ2n) is 30.5. The van der Waals surface area contributed by atoms with Gasteiger partial charge in [0.05, 0.1) is 18.1 Å². The minimum atomic E-state index is -0.799. The predicted molar refractivity (Wildman–Crippen MR) is 392 cm³/mol. The normalized spacial score (nSPS) is 15.6. The summed E-state index contributed by atoms with van der Waals surface area (Å²) in [6.45, 7) is 6.89. The van der Waals surface area contributed by atoms with Crippen molar-refractivity contribution in [1.82, 2.24) is 0 Å². The van der Waals surface area contributed by atoms with Crippen LogP contribution in [-0.2, 0) is 4.79 Å². The summed E-state index contributed by atoms with van der Waals surface area (Å²) in [5.41, 5.74) is 0. The van der Waals surface area contributed by atoms with Crippen LogP contribution in [-0.4, -0.2) is 33.5 Å². The lowest BCUT2D eigenvalue weighted by atomic mass is 9.91. The number of aliphatic hydroxyl groups excluding tert-OH is 2. The Balaban J connectivity index is 1.75. The average Bonchev–Trinajstić information content (AvgIpc) is 4.30. The smallest absolute Gasteiger partial charge is 0.309 e. The summed E-state index contributed by atoms with van der Waals surface area (Å²) in [5.74, 6) is 1.25. The van der Waals surface area contributed by atoms with Gasteiger partial charge in [0.25, 0.3) is 0 Å². The van der Waals surface area contributed by atoms with Crippen LogP contribution >= 0.6 is 0 Å². The highest BCUT2D eigenvalue weighted by molar-refractivity contribution is 5.70. The van der Waals surface area contributed by atoms with E-state index < -0.39 is 18.0 Å². The molecule has 1 rings (SSSR count). The highest BCUT2D eigenvalue weighted by atomic mass is 16.4. The van der Waals surface area contributed by atoms with Crippen LogP contribution in [0.4, 0.5) is 0 Å². The molecular formula is C84H166O4. The van der Waals surface area contributed by atoms with Gasteiger partial charge in [0, 0.05) is 0 Å². The van der Waals surface area contributed by atoms with Gasteiger partial charge in [0.1, 0.15) is 0 Å². The Hall–Kier alpha value is -0.610. The number of rotatable bonds is 78. The van der Waals surface area contributed by atoms with E-state index in [0.717, 1.165) is 43.9 Å². The summed E-state index contributed by atoms with van der Waals surface area (Å²) in [6, 6.07) is 0. The Kier molecular flexibility index (Phi) is 68.6. The molecule has 1 aliphatic carbocycles. The molecular weight excluding hydrogens is 1070 g/mol. The van der Waals surface area contributed by atoms with Gasteiger partial charge < -0.3 is 15.3 Å². The van der Waals surface area contributed by atoms with Crippen molar-refractivity contribution >= 4 is 5.97 Å². The zero-order valence-corrected chi connectivity index (χ0v) is 61.0.